The van der Waals surface area contributed by atoms with Gasteiger partial charge in [0.25, 0.3) is 0 Å². The van der Waals surface area contributed by atoms with Gasteiger partial charge < -0.3 is 10.4 Å². The summed E-state index contributed by atoms with van der Waals surface area (Å²) in [4.78, 5) is 2.33. The monoisotopic (exact) mass is 288 g/mol. The molecular weight excluding hydrogens is 271 g/mol. The molecule has 0 aromatic heterocycles. The zero-order chi connectivity index (χ0) is 13.0. The average molecular weight is 289 g/mol. The number of halogens is 2. The Bertz CT molecular complexity index is 374. The lowest BCUT2D eigenvalue weighted by molar-refractivity contribution is 0.141. The van der Waals surface area contributed by atoms with E-state index in [1.54, 1.807) is 0 Å². The van der Waals surface area contributed by atoms with Crippen molar-refractivity contribution in [3.63, 3.8) is 0 Å². The Hall–Kier alpha value is -0.320. The third-order valence-corrected chi connectivity index (χ3v) is 3.99. The lowest BCUT2D eigenvalue weighted by atomic mass is 10.0. The zero-order valence-electron chi connectivity index (χ0n) is 10.2. The summed E-state index contributed by atoms with van der Waals surface area (Å²) in [6, 6.07) is 5.66. The Balaban J connectivity index is 2.28. The van der Waals surface area contributed by atoms with Gasteiger partial charge in [-0.3, -0.25) is 4.90 Å². The van der Waals surface area contributed by atoms with Gasteiger partial charge in [-0.25, -0.2) is 0 Å². The average Bonchev–Trinajstić information content (AvgIpc) is 2.38. The summed E-state index contributed by atoms with van der Waals surface area (Å²) >= 11 is 12.5. The van der Waals surface area contributed by atoms with Crippen LogP contribution in [0.25, 0.3) is 0 Å². The number of piperazine rings is 1. The number of rotatable bonds is 4. The summed E-state index contributed by atoms with van der Waals surface area (Å²) in [6.07, 6.45) is 0.656. The third-order valence-electron chi connectivity index (χ3n) is 3.33. The van der Waals surface area contributed by atoms with E-state index in [9.17, 15) is 5.11 Å². The molecule has 100 valence electrons. The summed E-state index contributed by atoms with van der Waals surface area (Å²) < 4.78 is 0. The van der Waals surface area contributed by atoms with Crippen molar-refractivity contribution in [2.75, 3.05) is 32.8 Å². The smallest absolute Gasteiger partial charge is 0.0468 e. The van der Waals surface area contributed by atoms with E-state index in [1.165, 1.54) is 0 Å². The molecule has 0 spiro atoms. The van der Waals surface area contributed by atoms with Crippen LogP contribution in [0.15, 0.2) is 18.2 Å². The van der Waals surface area contributed by atoms with Gasteiger partial charge in [0.2, 0.25) is 0 Å². The van der Waals surface area contributed by atoms with Crippen LogP contribution < -0.4 is 5.32 Å². The SMILES string of the molecule is OCC[C@H](c1c(Cl)cccc1Cl)N1CCNCC1. The van der Waals surface area contributed by atoms with Gasteiger partial charge in [-0.05, 0) is 18.6 Å². The fraction of sp³-hybridized carbons (Fsp3) is 0.538. The number of hydrogen-bond acceptors (Lipinski definition) is 3. The number of aliphatic hydroxyl groups is 1. The van der Waals surface area contributed by atoms with Crippen molar-refractivity contribution >= 4 is 23.2 Å². The molecule has 0 radical (unpaired) electrons. The van der Waals surface area contributed by atoms with Crippen molar-refractivity contribution in [3.8, 4) is 0 Å². The topological polar surface area (TPSA) is 35.5 Å². The number of nitrogens with zero attached hydrogens (tertiary/aromatic N) is 1. The summed E-state index contributed by atoms with van der Waals surface area (Å²) in [5.41, 5.74) is 0.941. The Morgan fingerprint density at radius 2 is 1.83 bits per heavy atom. The maximum atomic E-state index is 9.28. The van der Waals surface area contributed by atoms with E-state index in [0.29, 0.717) is 16.5 Å². The molecule has 1 aliphatic heterocycles. The molecule has 3 nitrogen and oxygen atoms in total. The molecular formula is C13H18Cl2N2O. The normalized spacial score (nSPS) is 18.8. The largest absolute Gasteiger partial charge is 0.396 e. The van der Waals surface area contributed by atoms with E-state index < -0.39 is 0 Å². The fourth-order valence-electron chi connectivity index (χ4n) is 2.45. The van der Waals surface area contributed by atoms with Crippen molar-refractivity contribution < 1.29 is 5.11 Å². The molecule has 1 aromatic rings. The fourth-order valence-corrected chi connectivity index (χ4v) is 3.10. The summed E-state index contributed by atoms with van der Waals surface area (Å²) in [6.45, 7) is 3.96. The molecule has 0 saturated carbocycles. The van der Waals surface area contributed by atoms with Crippen molar-refractivity contribution in [1.82, 2.24) is 10.2 Å². The minimum absolute atomic E-state index is 0.0956. The van der Waals surface area contributed by atoms with E-state index in [2.05, 4.69) is 10.2 Å². The standard InChI is InChI=1S/C13H18Cl2N2O/c14-10-2-1-3-11(15)13(10)12(4-9-18)17-7-5-16-6-8-17/h1-3,12,16,18H,4-9H2/t12-/m1/s1. The maximum absolute atomic E-state index is 9.28. The minimum atomic E-state index is 0.0956. The van der Waals surface area contributed by atoms with E-state index >= 15 is 0 Å². The summed E-state index contributed by atoms with van der Waals surface area (Å²) in [5, 5.41) is 14.0. The molecule has 1 saturated heterocycles. The highest BCUT2D eigenvalue weighted by Crippen LogP contribution is 2.35. The van der Waals surface area contributed by atoms with Crippen molar-refractivity contribution in [2.45, 2.75) is 12.5 Å². The molecule has 18 heavy (non-hydrogen) atoms. The molecule has 1 aromatic carbocycles. The van der Waals surface area contributed by atoms with Gasteiger partial charge >= 0.3 is 0 Å². The van der Waals surface area contributed by atoms with Crippen LogP contribution in [0.2, 0.25) is 10.0 Å². The lowest BCUT2D eigenvalue weighted by Gasteiger charge is -2.35. The first-order valence-electron chi connectivity index (χ1n) is 6.23. The number of benzene rings is 1. The molecule has 0 unspecified atom stereocenters. The van der Waals surface area contributed by atoms with Gasteiger partial charge in [-0.1, -0.05) is 29.3 Å². The summed E-state index contributed by atoms with van der Waals surface area (Å²) in [5.74, 6) is 0. The molecule has 0 amide bonds. The molecule has 1 atom stereocenters. The Labute approximate surface area is 118 Å². The number of aliphatic hydroxyl groups excluding tert-OH is 1. The van der Waals surface area contributed by atoms with Crippen molar-refractivity contribution in [1.29, 1.82) is 0 Å². The first-order chi connectivity index (χ1) is 8.74. The molecule has 1 heterocycles. The highest BCUT2D eigenvalue weighted by molar-refractivity contribution is 6.36. The first-order valence-corrected chi connectivity index (χ1v) is 6.99. The number of nitrogens with one attached hydrogen (secondary N) is 1. The van der Waals surface area contributed by atoms with Crippen LogP contribution >= 0.6 is 23.2 Å². The van der Waals surface area contributed by atoms with Gasteiger partial charge in [0, 0.05) is 54.4 Å². The van der Waals surface area contributed by atoms with Gasteiger partial charge in [0.05, 0.1) is 0 Å². The van der Waals surface area contributed by atoms with Crippen molar-refractivity contribution in [2.24, 2.45) is 0 Å². The van der Waals surface area contributed by atoms with Gasteiger partial charge in [0.1, 0.15) is 0 Å². The van der Waals surface area contributed by atoms with E-state index in [4.69, 9.17) is 23.2 Å². The van der Waals surface area contributed by atoms with Crippen LogP contribution in [0, 0.1) is 0 Å². The molecule has 1 fully saturated rings. The van der Waals surface area contributed by atoms with Gasteiger partial charge in [-0.2, -0.15) is 0 Å². The van der Waals surface area contributed by atoms with Crippen molar-refractivity contribution in [3.05, 3.63) is 33.8 Å². The van der Waals surface area contributed by atoms with Crippen LogP contribution in [-0.4, -0.2) is 42.8 Å². The summed E-state index contributed by atoms with van der Waals surface area (Å²) in [7, 11) is 0. The molecule has 0 bridgehead atoms. The van der Waals surface area contributed by atoms with Crippen LogP contribution in [-0.2, 0) is 0 Å². The second-order valence-corrected chi connectivity index (χ2v) is 5.26. The molecule has 2 N–H and O–H groups in total. The maximum Gasteiger partial charge on any atom is 0.0468 e. The molecule has 5 heteroatoms. The Morgan fingerprint density at radius 3 is 2.39 bits per heavy atom. The van der Waals surface area contributed by atoms with E-state index in [-0.39, 0.29) is 12.6 Å². The predicted octanol–water partition coefficient (Wildman–Crippen LogP) is 2.32. The Kier molecular flexibility index (Phi) is 5.27. The van der Waals surface area contributed by atoms with Crippen LogP contribution in [0.3, 0.4) is 0 Å². The molecule has 2 rings (SSSR count). The van der Waals surface area contributed by atoms with E-state index in [0.717, 1.165) is 31.7 Å². The minimum Gasteiger partial charge on any atom is -0.396 e. The van der Waals surface area contributed by atoms with Crippen LogP contribution in [0.5, 0.6) is 0 Å². The van der Waals surface area contributed by atoms with Gasteiger partial charge in [0.15, 0.2) is 0 Å². The quantitative estimate of drug-likeness (QED) is 0.893. The Morgan fingerprint density at radius 1 is 1.22 bits per heavy atom. The second-order valence-electron chi connectivity index (χ2n) is 4.45. The molecule has 1 aliphatic rings. The van der Waals surface area contributed by atoms with Crippen LogP contribution in [0.4, 0.5) is 0 Å². The number of hydrogen-bond donors (Lipinski definition) is 2. The van der Waals surface area contributed by atoms with Crippen LogP contribution in [0.1, 0.15) is 18.0 Å². The zero-order valence-corrected chi connectivity index (χ0v) is 11.7. The highest BCUT2D eigenvalue weighted by atomic mass is 35.5. The third kappa shape index (κ3) is 3.16. The first kappa shape index (κ1) is 14.1. The van der Waals surface area contributed by atoms with E-state index in [1.807, 2.05) is 18.2 Å². The van der Waals surface area contributed by atoms with Gasteiger partial charge in [-0.15, -0.1) is 0 Å². The second kappa shape index (κ2) is 6.73. The predicted molar refractivity (Wildman–Crippen MR) is 75.3 cm³/mol. The molecule has 0 aliphatic carbocycles. The highest BCUT2D eigenvalue weighted by Gasteiger charge is 2.25. The lowest BCUT2D eigenvalue weighted by Crippen LogP contribution is -2.45.